The first kappa shape index (κ1) is 71.7. The van der Waals surface area contributed by atoms with Gasteiger partial charge in [-0.2, -0.15) is 0 Å². The van der Waals surface area contributed by atoms with E-state index < -0.39 is 5.97 Å². The van der Waals surface area contributed by atoms with E-state index in [1.54, 1.807) is 0 Å². The Kier molecular flexibility index (Phi) is 63.8. The Labute approximate surface area is 459 Å². The van der Waals surface area contributed by atoms with Gasteiger partial charge < -0.3 is 9.47 Å². The van der Waals surface area contributed by atoms with Gasteiger partial charge in [0, 0.05) is 5.57 Å². The van der Waals surface area contributed by atoms with E-state index in [0.717, 1.165) is 25.7 Å². The molecule has 0 bridgehead atoms. The molecular weight excluding hydrogens is 893 g/mol. The Morgan fingerprint density at radius 1 is 0.233 bits per heavy atom. The predicted molar refractivity (Wildman–Crippen MR) is 324 cm³/mol. The van der Waals surface area contributed by atoms with Gasteiger partial charge in [-0.1, -0.05) is 393 Å². The molecule has 0 radical (unpaired) electrons. The lowest BCUT2D eigenvalue weighted by molar-refractivity contribution is -0.146. The summed E-state index contributed by atoms with van der Waals surface area (Å²) in [6, 6.07) is 0. The van der Waals surface area contributed by atoms with Crippen molar-refractivity contribution in [2.45, 2.75) is 406 Å². The van der Waals surface area contributed by atoms with Crippen LogP contribution >= 0.6 is 0 Å². The lowest BCUT2D eigenvalue weighted by Crippen LogP contribution is -2.14. The molecule has 0 amide bonds. The van der Waals surface area contributed by atoms with Crippen molar-refractivity contribution in [3.05, 3.63) is 12.2 Å². The van der Waals surface area contributed by atoms with Crippen molar-refractivity contribution < 1.29 is 19.1 Å². The molecule has 4 heteroatoms. The highest BCUT2D eigenvalue weighted by Crippen LogP contribution is 2.20. The Morgan fingerprint density at radius 2 is 0.384 bits per heavy atom. The second-order valence-corrected chi connectivity index (χ2v) is 23.6. The maximum absolute atomic E-state index is 12.3. The fourth-order valence-corrected chi connectivity index (χ4v) is 11.0. The Morgan fingerprint density at radius 3 is 0.562 bits per heavy atom. The van der Waals surface area contributed by atoms with Crippen LogP contribution in [0.2, 0.25) is 0 Å². The molecule has 0 aromatic rings. The van der Waals surface area contributed by atoms with Crippen molar-refractivity contribution in [2.75, 3.05) is 13.2 Å². The molecule has 0 saturated heterocycles. The SMILES string of the molecule is C=C(CC(=O)OCCCCCCCCCCCCCCCCCCCCCCCCCCCCCCCC)C(=O)OCCCCCCCCCCCCCCCCCCCCCCCCCCCCCCCC. The first-order valence-corrected chi connectivity index (χ1v) is 34.1. The summed E-state index contributed by atoms with van der Waals surface area (Å²) >= 11 is 0. The van der Waals surface area contributed by atoms with Crippen molar-refractivity contribution in [1.29, 1.82) is 0 Å². The standard InChI is InChI=1S/C69H134O4/c1-4-6-8-10-12-14-16-18-20-22-24-26-28-30-32-34-36-38-40-42-44-46-48-50-52-54-56-58-60-62-64-72-68(70)66-67(3)69(71)73-65-63-61-59-57-55-53-51-49-47-45-43-41-39-37-35-33-31-29-27-25-23-21-19-17-15-13-11-9-7-5-2/h3-66H2,1-2H3. The predicted octanol–water partition coefficient (Wildman–Crippen LogP) is 24.5. The van der Waals surface area contributed by atoms with E-state index in [1.165, 1.54) is 360 Å². The molecule has 0 atom stereocenters. The number of carbonyl (C=O) groups is 2. The fourth-order valence-electron chi connectivity index (χ4n) is 11.0. The maximum Gasteiger partial charge on any atom is 0.333 e. The van der Waals surface area contributed by atoms with E-state index in [4.69, 9.17) is 9.47 Å². The minimum absolute atomic E-state index is 0.0714. The summed E-state index contributed by atoms with van der Waals surface area (Å²) in [6.45, 7) is 9.24. The number of hydrogen-bond acceptors (Lipinski definition) is 4. The summed E-state index contributed by atoms with van der Waals surface area (Å²) in [7, 11) is 0. The zero-order chi connectivity index (χ0) is 52.7. The molecule has 0 aromatic heterocycles. The first-order chi connectivity index (χ1) is 36.1. The van der Waals surface area contributed by atoms with E-state index in [9.17, 15) is 9.59 Å². The van der Waals surface area contributed by atoms with Gasteiger partial charge in [0.25, 0.3) is 0 Å². The van der Waals surface area contributed by atoms with Gasteiger partial charge in [0.1, 0.15) is 0 Å². The molecule has 0 aliphatic rings. The van der Waals surface area contributed by atoms with E-state index >= 15 is 0 Å². The van der Waals surface area contributed by atoms with Crippen LogP contribution in [0.3, 0.4) is 0 Å². The summed E-state index contributed by atoms with van der Waals surface area (Å²) in [6.07, 6.45) is 83.5. The summed E-state index contributed by atoms with van der Waals surface area (Å²) in [5, 5.41) is 0. The second kappa shape index (κ2) is 65.0. The van der Waals surface area contributed by atoms with E-state index in [-0.39, 0.29) is 18.0 Å². The topological polar surface area (TPSA) is 52.6 Å². The third-order valence-corrected chi connectivity index (χ3v) is 16.1. The number of hydrogen-bond donors (Lipinski definition) is 0. The van der Waals surface area contributed by atoms with Crippen LogP contribution in [0.4, 0.5) is 0 Å². The van der Waals surface area contributed by atoms with E-state index in [1.807, 2.05) is 0 Å². The van der Waals surface area contributed by atoms with Crippen LogP contribution in [-0.4, -0.2) is 25.2 Å². The molecule has 0 rings (SSSR count). The van der Waals surface area contributed by atoms with Crippen molar-refractivity contribution in [2.24, 2.45) is 0 Å². The molecule has 0 saturated carbocycles. The van der Waals surface area contributed by atoms with Crippen molar-refractivity contribution in [3.63, 3.8) is 0 Å². The summed E-state index contributed by atoms with van der Waals surface area (Å²) in [4.78, 5) is 24.6. The van der Waals surface area contributed by atoms with E-state index in [2.05, 4.69) is 20.4 Å². The normalized spacial score (nSPS) is 11.5. The Balaban J connectivity index is 3.29. The lowest BCUT2D eigenvalue weighted by atomic mass is 10.0. The van der Waals surface area contributed by atoms with Gasteiger partial charge in [0.05, 0.1) is 19.6 Å². The van der Waals surface area contributed by atoms with Crippen LogP contribution in [0.25, 0.3) is 0 Å². The van der Waals surface area contributed by atoms with Crippen LogP contribution in [0, 0.1) is 0 Å². The molecule has 0 N–H and O–H groups in total. The number of esters is 2. The van der Waals surface area contributed by atoms with Gasteiger partial charge in [0.2, 0.25) is 0 Å². The number of ether oxygens (including phenoxy) is 2. The van der Waals surface area contributed by atoms with Gasteiger partial charge in [0.15, 0.2) is 0 Å². The van der Waals surface area contributed by atoms with Gasteiger partial charge in [-0.25, -0.2) is 4.79 Å². The molecule has 0 aliphatic heterocycles. The number of rotatable bonds is 65. The summed E-state index contributed by atoms with van der Waals surface area (Å²) in [5.41, 5.74) is 0.205. The largest absolute Gasteiger partial charge is 0.465 e. The molecule has 4 nitrogen and oxygen atoms in total. The Hall–Kier alpha value is -1.32. The van der Waals surface area contributed by atoms with Crippen LogP contribution < -0.4 is 0 Å². The van der Waals surface area contributed by atoms with Crippen LogP contribution in [0.15, 0.2) is 12.2 Å². The molecule has 0 fully saturated rings. The highest BCUT2D eigenvalue weighted by atomic mass is 16.5. The van der Waals surface area contributed by atoms with Gasteiger partial charge in [-0.15, -0.1) is 0 Å². The molecule has 434 valence electrons. The highest BCUT2D eigenvalue weighted by molar-refractivity contribution is 5.93. The molecule has 0 unspecified atom stereocenters. The van der Waals surface area contributed by atoms with Crippen molar-refractivity contribution in [3.8, 4) is 0 Å². The average molecular weight is 1030 g/mol. The van der Waals surface area contributed by atoms with E-state index in [0.29, 0.717) is 13.2 Å². The van der Waals surface area contributed by atoms with Crippen LogP contribution in [-0.2, 0) is 19.1 Å². The number of unbranched alkanes of at least 4 members (excludes halogenated alkanes) is 58. The minimum atomic E-state index is -0.455. The monoisotopic (exact) mass is 1030 g/mol. The molecule has 0 spiro atoms. The minimum Gasteiger partial charge on any atom is -0.465 e. The molecule has 0 aliphatic carbocycles. The van der Waals surface area contributed by atoms with Crippen LogP contribution in [0.1, 0.15) is 406 Å². The highest BCUT2D eigenvalue weighted by Gasteiger charge is 2.14. The second-order valence-electron chi connectivity index (χ2n) is 23.6. The zero-order valence-corrected chi connectivity index (χ0v) is 50.4. The third kappa shape index (κ3) is 63.1. The smallest absolute Gasteiger partial charge is 0.333 e. The maximum atomic E-state index is 12.3. The van der Waals surface area contributed by atoms with Gasteiger partial charge in [-0.3, -0.25) is 4.79 Å². The Bertz CT molecular complexity index is 1070. The van der Waals surface area contributed by atoms with Crippen LogP contribution in [0.5, 0.6) is 0 Å². The molecule has 0 heterocycles. The third-order valence-electron chi connectivity index (χ3n) is 16.1. The van der Waals surface area contributed by atoms with Gasteiger partial charge in [-0.05, 0) is 12.8 Å². The number of carbonyl (C=O) groups excluding carboxylic acids is 2. The lowest BCUT2D eigenvalue weighted by Gasteiger charge is -2.08. The first-order valence-electron chi connectivity index (χ1n) is 34.1. The van der Waals surface area contributed by atoms with Crippen molar-refractivity contribution in [1.82, 2.24) is 0 Å². The zero-order valence-electron chi connectivity index (χ0n) is 50.4. The molecule has 73 heavy (non-hydrogen) atoms. The van der Waals surface area contributed by atoms with Gasteiger partial charge >= 0.3 is 11.9 Å². The molecule has 0 aromatic carbocycles. The molecular formula is C69H134O4. The fraction of sp³-hybridized carbons (Fsp3) is 0.942. The average Bonchev–Trinajstić information content (AvgIpc) is 3.39. The van der Waals surface area contributed by atoms with Crippen molar-refractivity contribution >= 4 is 11.9 Å². The quantitative estimate of drug-likeness (QED) is 0.0346. The summed E-state index contributed by atoms with van der Waals surface area (Å²) in [5.74, 6) is -0.823. The summed E-state index contributed by atoms with van der Waals surface area (Å²) < 4.78 is 10.8.